The highest BCUT2D eigenvalue weighted by Gasteiger charge is 2.53. The lowest BCUT2D eigenvalue weighted by Gasteiger charge is -2.36. The van der Waals surface area contributed by atoms with Crippen LogP contribution in [0.15, 0.2) is 0 Å². The van der Waals surface area contributed by atoms with E-state index in [1.807, 2.05) is 0 Å². The van der Waals surface area contributed by atoms with E-state index in [1.165, 1.54) is 141 Å². The van der Waals surface area contributed by atoms with E-state index in [0.717, 1.165) is 43.9 Å². The molecule has 0 spiro atoms. The molecular formula is C40H76O4. The molecule has 4 heteroatoms. The molecule has 0 atom stereocenters. The summed E-state index contributed by atoms with van der Waals surface area (Å²) in [5.74, 6) is 1.02. The average molecular weight is 621 g/mol. The Morgan fingerprint density at radius 3 is 0.909 bits per heavy atom. The second-order valence-electron chi connectivity index (χ2n) is 15.1. The quantitative estimate of drug-likeness (QED) is 0.0426. The number of carbonyl (C=O) groups is 2. The molecule has 0 unspecified atom stereocenters. The molecule has 1 fully saturated rings. The first kappa shape index (κ1) is 41.0. The molecule has 4 nitrogen and oxygen atoms in total. The van der Waals surface area contributed by atoms with Crippen LogP contribution in [0.2, 0.25) is 0 Å². The SMILES string of the molecule is CC(C)CCCCCCCCCCCCCCOC(=O)C1(C(=O)OCCCCCCCCCCCCCCC(C)C)CCC1. The minimum absolute atomic E-state index is 0.339. The zero-order valence-electron chi connectivity index (χ0n) is 30.2. The van der Waals surface area contributed by atoms with E-state index in [2.05, 4.69) is 27.7 Å². The zero-order valence-corrected chi connectivity index (χ0v) is 30.2. The van der Waals surface area contributed by atoms with Crippen molar-refractivity contribution in [3.05, 3.63) is 0 Å². The van der Waals surface area contributed by atoms with Gasteiger partial charge in [0.05, 0.1) is 13.2 Å². The third-order valence-electron chi connectivity index (χ3n) is 9.81. The Morgan fingerprint density at radius 1 is 0.432 bits per heavy atom. The molecule has 0 aromatic heterocycles. The summed E-state index contributed by atoms with van der Waals surface area (Å²) in [7, 11) is 0. The van der Waals surface area contributed by atoms with Crippen molar-refractivity contribution in [3.63, 3.8) is 0 Å². The van der Waals surface area contributed by atoms with Gasteiger partial charge in [-0.1, -0.05) is 182 Å². The fraction of sp³-hybridized carbons (Fsp3) is 0.950. The van der Waals surface area contributed by atoms with Crippen molar-refractivity contribution < 1.29 is 19.1 Å². The van der Waals surface area contributed by atoms with Crippen LogP contribution in [-0.4, -0.2) is 25.2 Å². The second-order valence-corrected chi connectivity index (χ2v) is 15.1. The number of carbonyl (C=O) groups excluding carboxylic acids is 2. The maximum absolute atomic E-state index is 12.8. The van der Waals surface area contributed by atoms with Gasteiger partial charge in [-0.3, -0.25) is 9.59 Å². The Bertz CT molecular complexity index is 614. The molecular weight excluding hydrogens is 544 g/mol. The Balaban J connectivity index is 1.93. The van der Waals surface area contributed by atoms with Gasteiger partial charge >= 0.3 is 11.9 Å². The fourth-order valence-corrected chi connectivity index (χ4v) is 6.47. The van der Waals surface area contributed by atoms with Crippen molar-refractivity contribution in [1.29, 1.82) is 0 Å². The molecule has 0 saturated heterocycles. The average Bonchev–Trinajstić information content (AvgIpc) is 2.96. The Hall–Kier alpha value is -1.06. The van der Waals surface area contributed by atoms with Crippen molar-refractivity contribution in [1.82, 2.24) is 0 Å². The minimum atomic E-state index is -1.01. The number of unbranched alkanes of at least 4 members (excludes halogenated alkanes) is 22. The van der Waals surface area contributed by atoms with Crippen LogP contribution in [0.25, 0.3) is 0 Å². The van der Waals surface area contributed by atoms with Crippen molar-refractivity contribution in [2.45, 2.75) is 214 Å². The summed E-state index contributed by atoms with van der Waals surface area (Å²) in [5.41, 5.74) is -1.01. The van der Waals surface area contributed by atoms with Crippen LogP contribution in [0, 0.1) is 17.3 Å². The van der Waals surface area contributed by atoms with E-state index < -0.39 is 5.41 Å². The standard InChI is InChI=1S/C40H76O4/c1-36(2)30-25-21-17-13-9-5-7-11-15-19-23-27-34-43-38(41)40(32-29-33-40)39(42)44-35-28-24-20-16-12-8-6-10-14-18-22-26-31-37(3)4/h36-37H,5-35H2,1-4H3. The molecule has 0 amide bonds. The van der Waals surface area contributed by atoms with Gasteiger partial charge in [0.15, 0.2) is 5.41 Å². The van der Waals surface area contributed by atoms with E-state index in [1.54, 1.807) is 0 Å². The highest BCUT2D eigenvalue weighted by molar-refractivity contribution is 6.01. The third-order valence-corrected chi connectivity index (χ3v) is 9.81. The van der Waals surface area contributed by atoms with Crippen LogP contribution in [0.3, 0.4) is 0 Å². The van der Waals surface area contributed by atoms with Gasteiger partial charge in [0.2, 0.25) is 0 Å². The smallest absolute Gasteiger partial charge is 0.323 e. The summed E-state index contributed by atoms with van der Waals surface area (Å²) in [6.07, 6.45) is 35.9. The number of hydrogen-bond acceptors (Lipinski definition) is 4. The molecule has 1 rings (SSSR count). The van der Waals surface area contributed by atoms with Crippen LogP contribution in [0.5, 0.6) is 0 Å². The monoisotopic (exact) mass is 621 g/mol. The van der Waals surface area contributed by atoms with Gasteiger partial charge in [-0.05, 0) is 43.9 Å². The minimum Gasteiger partial charge on any atom is -0.465 e. The maximum Gasteiger partial charge on any atom is 0.323 e. The van der Waals surface area contributed by atoms with Gasteiger partial charge in [-0.25, -0.2) is 0 Å². The molecule has 44 heavy (non-hydrogen) atoms. The van der Waals surface area contributed by atoms with E-state index in [9.17, 15) is 9.59 Å². The third kappa shape index (κ3) is 21.6. The Morgan fingerprint density at radius 2 is 0.682 bits per heavy atom. The predicted octanol–water partition coefficient (Wildman–Crippen LogP) is 12.7. The first-order chi connectivity index (χ1) is 21.4. The maximum atomic E-state index is 12.8. The molecule has 260 valence electrons. The topological polar surface area (TPSA) is 52.6 Å². The number of ether oxygens (including phenoxy) is 2. The summed E-state index contributed by atoms with van der Waals surface area (Å²) in [4.78, 5) is 25.6. The molecule has 1 saturated carbocycles. The van der Waals surface area contributed by atoms with Crippen molar-refractivity contribution in [2.75, 3.05) is 13.2 Å². The molecule has 0 N–H and O–H groups in total. The predicted molar refractivity (Wildman–Crippen MR) is 188 cm³/mol. The van der Waals surface area contributed by atoms with Crippen molar-refractivity contribution in [2.24, 2.45) is 17.3 Å². The molecule has 0 aliphatic heterocycles. The first-order valence-electron chi connectivity index (χ1n) is 19.7. The van der Waals surface area contributed by atoms with Crippen molar-refractivity contribution in [3.8, 4) is 0 Å². The normalized spacial score (nSPS) is 14.2. The Labute approximate surface area is 275 Å². The highest BCUT2D eigenvalue weighted by atomic mass is 16.6. The number of esters is 2. The lowest BCUT2D eigenvalue weighted by atomic mass is 9.69. The van der Waals surface area contributed by atoms with Crippen LogP contribution in [0.4, 0.5) is 0 Å². The fourth-order valence-electron chi connectivity index (χ4n) is 6.47. The molecule has 0 aromatic rings. The molecule has 0 radical (unpaired) electrons. The van der Waals surface area contributed by atoms with Gasteiger partial charge in [-0.2, -0.15) is 0 Å². The first-order valence-corrected chi connectivity index (χ1v) is 19.7. The van der Waals surface area contributed by atoms with Gasteiger partial charge in [0, 0.05) is 0 Å². The van der Waals surface area contributed by atoms with Crippen molar-refractivity contribution >= 4 is 11.9 Å². The lowest BCUT2D eigenvalue weighted by Crippen LogP contribution is -2.47. The molecule has 1 aliphatic rings. The van der Waals surface area contributed by atoms with Crippen LogP contribution in [0.1, 0.15) is 214 Å². The zero-order chi connectivity index (χ0) is 32.1. The van der Waals surface area contributed by atoms with Gasteiger partial charge in [0.1, 0.15) is 0 Å². The summed E-state index contributed by atoms with van der Waals surface area (Å²) in [5, 5.41) is 0. The highest BCUT2D eigenvalue weighted by Crippen LogP contribution is 2.43. The second kappa shape index (κ2) is 28.2. The molecule has 0 bridgehead atoms. The van der Waals surface area contributed by atoms with Crippen LogP contribution in [-0.2, 0) is 19.1 Å². The lowest BCUT2D eigenvalue weighted by molar-refractivity contribution is -0.179. The van der Waals surface area contributed by atoms with E-state index in [-0.39, 0.29) is 11.9 Å². The van der Waals surface area contributed by atoms with Gasteiger partial charge in [-0.15, -0.1) is 0 Å². The summed E-state index contributed by atoms with van der Waals surface area (Å²) in [6, 6.07) is 0. The van der Waals surface area contributed by atoms with E-state index in [4.69, 9.17) is 9.47 Å². The van der Waals surface area contributed by atoms with E-state index >= 15 is 0 Å². The number of hydrogen-bond donors (Lipinski definition) is 0. The summed E-state index contributed by atoms with van der Waals surface area (Å²) >= 11 is 0. The molecule has 0 aromatic carbocycles. The van der Waals surface area contributed by atoms with Gasteiger partial charge in [0.25, 0.3) is 0 Å². The van der Waals surface area contributed by atoms with Crippen LogP contribution >= 0.6 is 0 Å². The van der Waals surface area contributed by atoms with E-state index in [0.29, 0.717) is 26.1 Å². The van der Waals surface area contributed by atoms with Gasteiger partial charge < -0.3 is 9.47 Å². The molecule has 1 aliphatic carbocycles. The summed E-state index contributed by atoms with van der Waals surface area (Å²) in [6.45, 7) is 10.1. The molecule has 0 heterocycles. The Kier molecular flexibility index (Phi) is 26.2. The number of rotatable bonds is 32. The summed E-state index contributed by atoms with van der Waals surface area (Å²) < 4.78 is 11.2. The largest absolute Gasteiger partial charge is 0.465 e. The van der Waals surface area contributed by atoms with Crippen LogP contribution < -0.4 is 0 Å².